The fraction of sp³-hybridized carbons (Fsp3) is 0.111. The smallest absolute Gasteiger partial charge is 0.357 e. The lowest BCUT2D eigenvalue weighted by atomic mass is 10.1. The Kier molecular flexibility index (Phi) is 4.88. The Morgan fingerprint density at radius 2 is 1.92 bits per heavy atom. The number of carbonyl (C=O) groups is 1. The fourth-order valence-corrected chi connectivity index (χ4v) is 2.70. The molecular weight excluding hydrogens is 347 g/mol. The van der Waals surface area contributed by atoms with Gasteiger partial charge < -0.3 is 10.1 Å². The molecule has 1 N–H and O–H groups in total. The van der Waals surface area contributed by atoms with Gasteiger partial charge >= 0.3 is 5.97 Å². The van der Waals surface area contributed by atoms with Crippen LogP contribution < -0.4 is 5.32 Å². The zero-order valence-electron chi connectivity index (χ0n) is 12.8. The molecule has 0 saturated carbocycles. The fourth-order valence-electron chi connectivity index (χ4n) is 2.33. The number of hydrogen-bond donors (Lipinski definition) is 1. The van der Waals surface area contributed by atoms with Crippen LogP contribution in [0.25, 0.3) is 10.9 Å². The van der Waals surface area contributed by atoms with Crippen LogP contribution in [-0.4, -0.2) is 17.6 Å². The van der Waals surface area contributed by atoms with Crippen molar-refractivity contribution in [2.75, 3.05) is 11.9 Å². The van der Waals surface area contributed by atoms with Crippen LogP contribution >= 0.6 is 23.2 Å². The second-order valence-corrected chi connectivity index (χ2v) is 5.95. The molecule has 24 heavy (non-hydrogen) atoms. The third-order valence-corrected chi connectivity index (χ3v) is 3.83. The maximum atomic E-state index is 12.1. The first-order chi connectivity index (χ1) is 11.6. The topological polar surface area (TPSA) is 51.2 Å². The molecule has 0 aliphatic heterocycles. The number of nitrogens with zero attached hydrogens (tertiary/aromatic N) is 1. The van der Waals surface area contributed by atoms with E-state index in [9.17, 15) is 4.79 Å². The van der Waals surface area contributed by atoms with Crippen molar-refractivity contribution in [3.63, 3.8) is 0 Å². The number of nitrogens with one attached hydrogen (secondary N) is 1. The molecular formula is C18H14Cl2N2O2. The van der Waals surface area contributed by atoms with Crippen LogP contribution in [0, 0.1) is 0 Å². The molecule has 0 aliphatic rings. The van der Waals surface area contributed by atoms with Crippen molar-refractivity contribution < 1.29 is 9.53 Å². The van der Waals surface area contributed by atoms with Crippen molar-refractivity contribution in [3.05, 3.63) is 64.3 Å². The first-order valence-electron chi connectivity index (χ1n) is 7.37. The van der Waals surface area contributed by atoms with E-state index in [0.29, 0.717) is 21.2 Å². The molecule has 2 aromatic carbocycles. The Bertz CT molecular complexity index is 913. The second kappa shape index (κ2) is 7.07. The minimum Gasteiger partial charge on any atom is -0.461 e. The van der Waals surface area contributed by atoms with Gasteiger partial charge in [-0.25, -0.2) is 9.78 Å². The van der Waals surface area contributed by atoms with Crippen molar-refractivity contribution in [2.45, 2.75) is 6.92 Å². The van der Waals surface area contributed by atoms with Crippen molar-refractivity contribution in [3.8, 4) is 0 Å². The van der Waals surface area contributed by atoms with E-state index < -0.39 is 5.97 Å². The number of rotatable bonds is 4. The Balaban J connectivity index is 2.12. The molecule has 0 fully saturated rings. The lowest BCUT2D eigenvalue weighted by Crippen LogP contribution is -2.08. The Hall–Kier alpha value is -2.30. The second-order valence-electron chi connectivity index (χ2n) is 5.07. The van der Waals surface area contributed by atoms with Gasteiger partial charge in [-0.3, -0.25) is 0 Å². The third-order valence-electron chi connectivity index (χ3n) is 3.36. The zero-order valence-corrected chi connectivity index (χ0v) is 14.4. The molecule has 0 aliphatic carbocycles. The summed E-state index contributed by atoms with van der Waals surface area (Å²) in [5.41, 5.74) is 2.38. The van der Waals surface area contributed by atoms with Gasteiger partial charge in [0, 0.05) is 21.1 Å². The Morgan fingerprint density at radius 1 is 1.12 bits per heavy atom. The molecule has 0 amide bonds. The van der Waals surface area contributed by atoms with Gasteiger partial charge in [0.15, 0.2) is 5.69 Å². The standard InChI is InChI=1S/C18H14Cl2N2O2/c1-2-24-18(23)17-10-16(21-13-5-3-4-11(19)8-13)14-9-12(20)6-7-15(14)22-17/h3-10H,2H2,1H3,(H,21,22). The van der Waals surface area contributed by atoms with E-state index in [2.05, 4.69) is 10.3 Å². The average Bonchev–Trinajstić information content (AvgIpc) is 2.55. The summed E-state index contributed by atoms with van der Waals surface area (Å²) in [6.45, 7) is 2.04. The minimum absolute atomic E-state index is 0.233. The number of benzene rings is 2. The molecule has 4 nitrogen and oxygen atoms in total. The average molecular weight is 361 g/mol. The largest absolute Gasteiger partial charge is 0.461 e. The summed E-state index contributed by atoms with van der Waals surface area (Å²) in [6.07, 6.45) is 0. The van der Waals surface area contributed by atoms with E-state index in [-0.39, 0.29) is 12.3 Å². The predicted molar refractivity (Wildman–Crippen MR) is 97.4 cm³/mol. The number of pyridine rings is 1. The van der Waals surface area contributed by atoms with Crippen molar-refractivity contribution in [1.29, 1.82) is 0 Å². The highest BCUT2D eigenvalue weighted by atomic mass is 35.5. The molecule has 0 saturated heterocycles. The number of aromatic nitrogens is 1. The highest BCUT2D eigenvalue weighted by Crippen LogP contribution is 2.29. The lowest BCUT2D eigenvalue weighted by Gasteiger charge is -2.12. The highest BCUT2D eigenvalue weighted by molar-refractivity contribution is 6.31. The van der Waals surface area contributed by atoms with Crippen LogP contribution in [0.15, 0.2) is 48.5 Å². The minimum atomic E-state index is -0.469. The van der Waals surface area contributed by atoms with Gasteiger partial charge in [0.1, 0.15) is 0 Å². The van der Waals surface area contributed by atoms with Gasteiger partial charge in [0.05, 0.1) is 17.8 Å². The zero-order chi connectivity index (χ0) is 17.1. The number of carbonyl (C=O) groups excluding carboxylic acids is 1. The van der Waals surface area contributed by atoms with Crippen LogP contribution in [0.5, 0.6) is 0 Å². The van der Waals surface area contributed by atoms with Gasteiger partial charge in [-0.1, -0.05) is 29.3 Å². The van der Waals surface area contributed by atoms with E-state index in [1.165, 1.54) is 0 Å². The number of ether oxygens (including phenoxy) is 1. The lowest BCUT2D eigenvalue weighted by molar-refractivity contribution is 0.0520. The van der Waals surface area contributed by atoms with E-state index in [1.807, 2.05) is 12.1 Å². The van der Waals surface area contributed by atoms with Gasteiger partial charge in [-0.15, -0.1) is 0 Å². The van der Waals surface area contributed by atoms with Crippen molar-refractivity contribution in [1.82, 2.24) is 4.98 Å². The SMILES string of the molecule is CCOC(=O)c1cc(Nc2cccc(Cl)c2)c2cc(Cl)ccc2n1. The number of hydrogen-bond acceptors (Lipinski definition) is 4. The van der Waals surface area contributed by atoms with Gasteiger partial charge in [0.2, 0.25) is 0 Å². The van der Waals surface area contributed by atoms with Gasteiger partial charge in [-0.2, -0.15) is 0 Å². The molecule has 0 bridgehead atoms. The Morgan fingerprint density at radius 3 is 2.67 bits per heavy atom. The van der Waals surface area contributed by atoms with Crippen LogP contribution in [0.3, 0.4) is 0 Å². The van der Waals surface area contributed by atoms with Crippen LogP contribution in [-0.2, 0) is 4.74 Å². The number of anilines is 2. The molecule has 6 heteroatoms. The van der Waals surface area contributed by atoms with Gasteiger partial charge in [-0.05, 0) is 49.4 Å². The molecule has 0 unspecified atom stereocenters. The summed E-state index contributed by atoms with van der Waals surface area (Å²) >= 11 is 12.1. The maximum absolute atomic E-state index is 12.1. The summed E-state index contributed by atoms with van der Waals surface area (Å²) in [4.78, 5) is 16.4. The molecule has 3 rings (SSSR count). The molecule has 0 atom stereocenters. The summed E-state index contributed by atoms with van der Waals surface area (Å²) < 4.78 is 5.05. The number of esters is 1. The van der Waals surface area contributed by atoms with E-state index in [1.54, 1.807) is 43.3 Å². The summed E-state index contributed by atoms with van der Waals surface area (Å²) in [5, 5.41) is 5.26. The normalized spacial score (nSPS) is 10.6. The van der Waals surface area contributed by atoms with E-state index in [4.69, 9.17) is 27.9 Å². The van der Waals surface area contributed by atoms with Crippen LogP contribution in [0.4, 0.5) is 11.4 Å². The molecule has 1 aromatic heterocycles. The number of halogens is 2. The van der Waals surface area contributed by atoms with Gasteiger partial charge in [0.25, 0.3) is 0 Å². The summed E-state index contributed by atoms with van der Waals surface area (Å²) in [7, 11) is 0. The first-order valence-corrected chi connectivity index (χ1v) is 8.12. The quantitative estimate of drug-likeness (QED) is 0.627. The molecule has 0 radical (unpaired) electrons. The van der Waals surface area contributed by atoms with Crippen molar-refractivity contribution in [2.24, 2.45) is 0 Å². The maximum Gasteiger partial charge on any atom is 0.357 e. The monoisotopic (exact) mass is 360 g/mol. The summed E-state index contributed by atoms with van der Waals surface area (Å²) in [6, 6.07) is 14.3. The molecule has 1 heterocycles. The van der Waals surface area contributed by atoms with Crippen LogP contribution in [0.2, 0.25) is 10.0 Å². The van der Waals surface area contributed by atoms with E-state index in [0.717, 1.165) is 11.1 Å². The molecule has 3 aromatic rings. The molecule has 0 spiro atoms. The Labute approximate surface area is 149 Å². The molecule has 122 valence electrons. The summed E-state index contributed by atoms with van der Waals surface area (Å²) in [5.74, 6) is -0.469. The number of fused-ring (bicyclic) bond motifs is 1. The highest BCUT2D eigenvalue weighted by Gasteiger charge is 2.13. The first kappa shape index (κ1) is 16.6. The predicted octanol–water partition coefficient (Wildman–Crippen LogP) is 5.46. The van der Waals surface area contributed by atoms with Crippen molar-refractivity contribution >= 4 is 51.4 Å². The van der Waals surface area contributed by atoms with E-state index >= 15 is 0 Å². The third kappa shape index (κ3) is 3.61. The van der Waals surface area contributed by atoms with Crippen LogP contribution in [0.1, 0.15) is 17.4 Å².